The zero-order chi connectivity index (χ0) is 18.4. The lowest BCUT2D eigenvalue weighted by molar-refractivity contribution is 0.473. The molecule has 0 amide bonds. The third-order valence-corrected chi connectivity index (χ3v) is 3.99. The molecule has 4 N–H and O–H groups in total. The summed E-state index contributed by atoms with van der Waals surface area (Å²) in [5.74, 6) is 0.719. The number of rotatable bonds is 6. The number of thiocarbonyl (C=S) groups is 1. The summed E-state index contributed by atoms with van der Waals surface area (Å²) in [6.45, 7) is 2.04. The number of anilines is 2. The van der Waals surface area contributed by atoms with Gasteiger partial charge in [-0.2, -0.15) is 5.10 Å². The molecule has 0 heterocycles. The van der Waals surface area contributed by atoms with Gasteiger partial charge in [-0.3, -0.25) is 5.43 Å². The van der Waals surface area contributed by atoms with Crippen LogP contribution in [0, 0.1) is 0 Å². The minimum absolute atomic E-state index is 0.116. The summed E-state index contributed by atoms with van der Waals surface area (Å²) in [6, 6.07) is 10.6. The van der Waals surface area contributed by atoms with Crippen LogP contribution in [0.2, 0.25) is 0 Å². The molecule has 0 spiro atoms. The number of phenols is 2. The summed E-state index contributed by atoms with van der Waals surface area (Å²) in [6.07, 6.45) is 0.836. The molecule has 2 aromatic rings. The van der Waals surface area contributed by atoms with Crippen molar-refractivity contribution < 1.29 is 10.2 Å². The summed E-state index contributed by atoms with van der Waals surface area (Å²) in [4.78, 5) is 1.76. The maximum atomic E-state index is 10.3. The molecular formula is C18H22N4O2S. The topological polar surface area (TPSA) is 80.1 Å². The van der Waals surface area contributed by atoms with Crippen molar-refractivity contribution in [2.75, 3.05) is 24.3 Å². The first-order valence-electron chi connectivity index (χ1n) is 7.85. The van der Waals surface area contributed by atoms with Gasteiger partial charge in [-0.15, -0.1) is 0 Å². The van der Waals surface area contributed by atoms with E-state index in [0.29, 0.717) is 22.8 Å². The second-order valence-electron chi connectivity index (χ2n) is 5.40. The van der Waals surface area contributed by atoms with Gasteiger partial charge >= 0.3 is 0 Å². The van der Waals surface area contributed by atoms with E-state index in [1.165, 1.54) is 5.49 Å². The summed E-state index contributed by atoms with van der Waals surface area (Å²) in [5, 5.41) is 27.6. The smallest absolute Gasteiger partial charge is 0.164 e. The Hall–Kier alpha value is -2.80. The van der Waals surface area contributed by atoms with Crippen LogP contribution in [0.1, 0.15) is 18.1 Å². The lowest BCUT2D eigenvalue weighted by Gasteiger charge is -2.23. The van der Waals surface area contributed by atoms with Crippen molar-refractivity contribution in [3.05, 3.63) is 47.5 Å². The Morgan fingerprint density at radius 2 is 1.96 bits per heavy atom. The van der Waals surface area contributed by atoms with Crippen molar-refractivity contribution in [1.29, 1.82) is 0 Å². The quantitative estimate of drug-likeness (QED) is 0.209. The monoisotopic (exact) mass is 358 g/mol. The van der Waals surface area contributed by atoms with Gasteiger partial charge < -0.3 is 20.4 Å². The van der Waals surface area contributed by atoms with Crippen LogP contribution in [0.3, 0.4) is 0 Å². The Kier molecular flexibility index (Phi) is 6.19. The highest BCUT2D eigenvalue weighted by atomic mass is 32.1. The van der Waals surface area contributed by atoms with E-state index in [2.05, 4.69) is 15.8 Å². The van der Waals surface area contributed by atoms with E-state index in [-0.39, 0.29) is 11.5 Å². The van der Waals surface area contributed by atoms with Crippen LogP contribution < -0.4 is 15.6 Å². The van der Waals surface area contributed by atoms with Crippen molar-refractivity contribution in [1.82, 2.24) is 5.43 Å². The lowest BCUT2D eigenvalue weighted by atomic mass is 10.1. The highest BCUT2D eigenvalue weighted by Crippen LogP contribution is 2.30. The number of nitrogens with zero attached hydrogens (tertiary/aromatic N) is 2. The lowest BCUT2D eigenvalue weighted by Crippen LogP contribution is -2.29. The van der Waals surface area contributed by atoms with E-state index in [1.54, 1.807) is 37.2 Å². The first-order valence-corrected chi connectivity index (χ1v) is 8.32. The second kappa shape index (κ2) is 8.34. The largest absolute Gasteiger partial charge is 0.507 e. The van der Waals surface area contributed by atoms with Crippen LogP contribution in [0.15, 0.2) is 41.5 Å². The molecule has 25 heavy (non-hydrogen) atoms. The van der Waals surface area contributed by atoms with Gasteiger partial charge in [-0.1, -0.05) is 25.2 Å². The number of aryl methyl sites for hydroxylation is 1. The molecule has 0 bridgehead atoms. The van der Waals surface area contributed by atoms with Crippen molar-refractivity contribution in [3.8, 4) is 11.5 Å². The number of amidine groups is 1. The molecule has 7 heteroatoms. The average Bonchev–Trinajstić information content (AvgIpc) is 2.63. The van der Waals surface area contributed by atoms with Gasteiger partial charge in [0.1, 0.15) is 11.5 Å². The van der Waals surface area contributed by atoms with E-state index < -0.39 is 0 Å². The number of aromatic hydroxyl groups is 2. The van der Waals surface area contributed by atoms with Crippen LogP contribution in [-0.2, 0) is 6.42 Å². The van der Waals surface area contributed by atoms with Crippen LogP contribution in [-0.4, -0.2) is 35.6 Å². The average molecular weight is 358 g/mol. The number of hydrogen-bond donors (Lipinski definition) is 4. The van der Waals surface area contributed by atoms with E-state index in [0.717, 1.165) is 12.0 Å². The SMILES string of the molecule is CCc1ccc(O)c(/C(=N/NC=S)N(C)c2ccc(NC)c(O)c2)c1. The minimum atomic E-state index is 0.116. The molecule has 0 radical (unpaired) electrons. The highest BCUT2D eigenvalue weighted by molar-refractivity contribution is 7.78. The molecule has 132 valence electrons. The van der Waals surface area contributed by atoms with E-state index in [1.807, 2.05) is 25.1 Å². The van der Waals surface area contributed by atoms with Gasteiger partial charge in [0.25, 0.3) is 0 Å². The number of benzene rings is 2. The van der Waals surface area contributed by atoms with Gasteiger partial charge in [-0.25, -0.2) is 0 Å². The molecule has 2 aromatic carbocycles. The molecule has 0 fully saturated rings. The molecule has 0 unspecified atom stereocenters. The standard InChI is InChI=1S/C18H22N4O2S/c1-4-12-5-8-16(23)14(9-12)18(21-20-11-25)22(3)13-6-7-15(19-2)17(24)10-13/h5-11,19,23-24H,4H2,1-3H3,(H,20,25)/b21-18-. The maximum Gasteiger partial charge on any atom is 0.164 e. The first kappa shape index (κ1) is 18.5. The second-order valence-corrected chi connectivity index (χ2v) is 5.63. The Balaban J connectivity index is 2.51. The van der Waals surface area contributed by atoms with Crippen LogP contribution in [0.4, 0.5) is 11.4 Å². The summed E-state index contributed by atoms with van der Waals surface area (Å²) in [7, 11) is 3.54. The summed E-state index contributed by atoms with van der Waals surface area (Å²) >= 11 is 4.79. The fourth-order valence-corrected chi connectivity index (χ4v) is 2.50. The van der Waals surface area contributed by atoms with E-state index in [9.17, 15) is 10.2 Å². The molecule has 0 saturated heterocycles. The van der Waals surface area contributed by atoms with Crippen molar-refractivity contribution in [3.63, 3.8) is 0 Å². The van der Waals surface area contributed by atoms with Crippen LogP contribution in [0.25, 0.3) is 0 Å². The van der Waals surface area contributed by atoms with Crippen LogP contribution in [0.5, 0.6) is 11.5 Å². The number of hydrazone groups is 1. The Morgan fingerprint density at radius 1 is 1.20 bits per heavy atom. The molecule has 0 aromatic heterocycles. The highest BCUT2D eigenvalue weighted by Gasteiger charge is 2.17. The summed E-state index contributed by atoms with van der Waals surface area (Å²) < 4.78 is 0. The third-order valence-electron chi connectivity index (χ3n) is 3.89. The van der Waals surface area contributed by atoms with Crippen molar-refractivity contribution in [2.24, 2.45) is 5.10 Å². The van der Waals surface area contributed by atoms with Gasteiger partial charge in [0.05, 0.1) is 16.7 Å². The predicted molar refractivity (Wildman–Crippen MR) is 107 cm³/mol. The molecular weight excluding hydrogens is 336 g/mol. The molecule has 6 nitrogen and oxygen atoms in total. The summed E-state index contributed by atoms with van der Waals surface area (Å²) in [5.41, 5.74) is 6.92. The van der Waals surface area contributed by atoms with E-state index >= 15 is 0 Å². The van der Waals surface area contributed by atoms with E-state index in [4.69, 9.17) is 12.2 Å². The predicted octanol–water partition coefficient (Wildman–Crippen LogP) is 3.05. The normalized spacial score (nSPS) is 11.1. The fourth-order valence-electron chi connectivity index (χ4n) is 2.45. The molecule has 0 aliphatic carbocycles. The molecule has 0 atom stereocenters. The van der Waals surface area contributed by atoms with Gasteiger partial charge in [0.2, 0.25) is 0 Å². The zero-order valence-electron chi connectivity index (χ0n) is 14.4. The Bertz CT molecular complexity index is 793. The van der Waals surface area contributed by atoms with Crippen molar-refractivity contribution >= 4 is 34.9 Å². The van der Waals surface area contributed by atoms with Gasteiger partial charge in [0, 0.05) is 25.8 Å². The first-order chi connectivity index (χ1) is 12.0. The Labute approximate surface area is 152 Å². The minimum Gasteiger partial charge on any atom is -0.507 e. The molecule has 0 aliphatic heterocycles. The van der Waals surface area contributed by atoms with Crippen molar-refractivity contribution in [2.45, 2.75) is 13.3 Å². The number of hydrogen-bond acceptors (Lipinski definition) is 5. The number of phenolic OH excluding ortho intramolecular Hbond substituents is 2. The fraction of sp³-hybridized carbons (Fsp3) is 0.222. The number of nitrogens with one attached hydrogen (secondary N) is 2. The molecule has 2 rings (SSSR count). The van der Waals surface area contributed by atoms with Gasteiger partial charge in [0.15, 0.2) is 5.84 Å². The third kappa shape index (κ3) is 4.19. The zero-order valence-corrected chi connectivity index (χ0v) is 15.3. The molecule has 0 saturated carbocycles. The Morgan fingerprint density at radius 3 is 2.56 bits per heavy atom. The van der Waals surface area contributed by atoms with Gasteiger partial charge in [-0.05, 0) is 36.2 Å². The maximum absolute atomic E-state index is 10.3. The molecule has 0 aliphatic rings. The van der Waals surface area contributed by atoms with Crippen LogP contribution >= 0.6 is 12.2 Å².